The van der Waals surface area contributed by atoms with Crippen molar-refractivity contribution in [3.05, 3.63) is 59.6 Å². The summed E-state index contributed by atoms with van der Waals surface area (Å²) in [5, 5.41) is 4.60. The first-order valence-corrected chi connectivity index (χ1v) is 10.1. The minimum absolute atomic E-state index is 0.146. The van der Waals surface area contributed by atoms with Crippen LogP contribution in [0.1, 0.15) is 41.9 Å². The molecule has 29 heavy (non-hydrogen) atoms. The first-order chi connectivity index (χ1) is 14.1. The third-order valence-electron chi connectivity index (χ3n) is 5.72. The van der Waals surface area contributed by atoms with E-state index in [4.69, 9.17) is 9.97 Å². The summed E-state index contributed by atoms with van der Waals surface area (Å²) in [6.45, 7) is 1.38. The molecule has 0 aromatic carbocycles. The number of rotatable bonds is 0. The fourth-order valence-electron chi connectivity index (χ4n) is 4.14. The van der Waals surface area contributed by atoms with Crippen LogP contribution in [0.3, 0.4) is 0 Å². The quantitative estimate of drug-likeness (QED) is 0.594. The number of aryl methyl sites for hydroxylation is 2. The smallest absolute Gasteiger partial charge is 0.222 e. The average molecular weight is 388 g/mol. The van der Waals surface area contributed by atoms with Crippen LogP contribution in [0.5, 0.6) is 0 Å². The van der Waals surface area contributed by atoms with E-state index in [1.165, 1.54) is 5.56 Å². The monoisotopic (exact) mass is 388 g/mol. The number of carbonyl (C=O) groups excluding carboxylic acids is 1. The summed E-state index contributed by atoms with van der Waals surface area (Å²) >= 11 is 0. The van der Waals surface area contributed by atoms with Crippen LogP contribution in [0.2, 0.25) is 0 Å². The van der Waals surface area contributed by atoms with E-state index < -0.39 is 0 Å². The van der Waals surface area contributed by atoms with Crippen LogP contribution in [-0.4, -0.2) is 42.2 Å². The van der Waals surface area contributed by atoms with E-state index >= 15 is 0 Å². The number of aromatic nitrogens is 5. The average Bonchev–Trinajstić information content (AvgIpc) is 3.42. The van der Waals surface area contributed by atoms with Crippen molar-refractivity contribution in [3.63, 3.8) is 0 Å². The zero-order valence-corrected chi connectivity index (χ0v) is 16.8. The predicted molar refractivity (Wildman–Crippen MR) is 110 cm³/mol. The van der Waals surface area contributed by atoms with Gasteiger partial charge in [-0.2, -0.15) is 5.10 Å². The molecular formula is C22H24N6O. The first-order valence-electron chi connectivity index (χ1n) is 10.1. The van der Waals surface area contributed by atoms with Crippen molar-refractivity contribution >= 4 is 11.5 Å². The molecule has 7 nitrogen and oxygen atoms in total. The van der Waals surface area contributed by atoms with Crippen LogP contribution in [0.4, 0.5) is 0 Å². The molecule has 0 spiro atoms. The van der Waals surface area contributed by atoms with Gasteiger partial charge in [0.15, 0.2) is 0 Å². The molecule has 0 saturated carbocycles. The topological polar surface area (TPSA) is 68.8 Å². The summed E-state index contributed by atoms with van der Waals surface area (Å²) in [5.41, 5.74) is 6.86. The SMILES string of the molecule is CN1Cc2nn(C)cc2-c2cnc3c(n2)C(=CC3)c2ccn(c2)CCCCC1=O. The number of nitrogens with zero attached hydrogens (tertiary/aromatic N) is 6. The Hall–Kier alpha value is -3.22. The fourth-order valence-corrected chi connectivity index (χ4v) is 4.14. The van der Waals surface area contributed by atoms with Gasteiger partial charge in [-0.25, -0.2) is 4.98 Å². The number of allylic oxidation sites excluding steroid dienone is 1. The van der Waals surface area contributed by atoms with Gasteiger partial charge in [0.05, 0.1) is 35.5 Å². The summed E-state index contributed by atoms with van der Waals surface area (Å²) in [6, 6.07) is 2.14. The molecule has 1 aliphatic heterocycles. The van der Waals surface area contributed by atoms with Crippen molar-refractivity contribution in [2.24, 2.45) is 7.05 Å². The van der Waals surface area contributed by atoms with E-state index in [0.717, 1.165) is 59.7 Å². The van der Waals surface area contributed by atoms with E-state index in [2.05, 4.69) is 34.2 Å². The second-order valence-electron chi connectivity index (χ2n) is 7.88. The molecule has 0 N–H and O–H groups in total. The molecule has 0 saturated heterocycles. The molecule has 1 aliphatic carbocycles. The van der Waals surface area contributed by atoms with E-state index in [1.54, 1.807) is 9.58 Å². The molecule has 7 heteroatoms. The molecule has 4 heterocycles. The third kappa shape index (κ3) is 3.26. The molecule has 2 aliphatic rings. The highest BCUT2D eigenvalue weighted by molar-refractivity contribution is 5.83. The van der Waals surface area contributed by atoms with Crippen molar-refractivity contribution in [2.75, 3.05) is 7.05 Å². The summed E-state index contributed by atoms with van der Waals surface area (Å²) in [6.07, 6.45) is 13.5. The molecule has 1 amide bonds. The highest BCUT2D eigenvalue weighted by Crippen LogP contribution is 2.33. The van der Waals surface area contributed by atoms with Gasteiger partial charge in [0.2, 0.25) is 5.91 Å². The summed E-state index contributed by atoms with van der Waals surface area (Å²) in [5.74, 6) is 0.146. The normalized spacial score (nSPS) is 16.7. The Balaban J connectivity index is 1.62. The number of hydrogen-bond donors (Lipinski definition) is 0. The van der Waals surface area contributed by atoms with Crippen molar-refractivity contribution in [3.8, 4) is 11.3 Å². The molecular weight excluding hydrogens is 364 g/mol. The van der Waals surface area contributed by atoms with Crippen molar-refractivity contribution in [1.29, 1.82) is 0 Å². The lowest BCUT2D eigenvalue weighted by Crippen LogP contribution is -2.26. The van der Waals surface area contributed by atoms with E-state index in [0.29, 0.717) is 13.0 Å². The largest absolute Gasteiger partial charge is 0.354 e. The van der Waals surface area contributed by atoms with E-state index in [1.807, 2.05) is 26.5 Å². The maximum Gasteiger partial charge on any atom is 0.222 e. The molecule has 3 aromatic rings. The van der Waals surface area contributed by atoms with E-state index in [9.17, 15) is 4.79 Å². The maximum absolute atomic E-state index is 12.6. The molecule has 5 rings (SSSR count). The molecule has 0 fully saturated rings. The lowest BCUT2D eigenvalue weighted by molar-refractivity contribution is -0.130. The van der Waals surface area contributed by atoms with Gasteiger partial charge in [-0.05, 0) is 18.9 Å². The third-order valence-corrected chi connectivity index (χ3v) is 5.72. The second kappa shape index (κ2) is 6.99. The van der Waals surface area contributed by atoms with Gasteiger partial charge in [0.1, 0.15) is 0 Å². The second-order valence-corrected chi connectivity index (χ2v) is 7.88. The minimum Gasteiger partial charge on any atom is -0.354 e. The lowest BCUT2D eigenvalue weighted by atomic mass is 10.1. The van der Waals surface area contributed by atoms with Gasteiger partial charge in [0.25, 0.3) is 0 Å². The lowest BCUT2D eigenvalue weighted by Gasteiger charge is -2.17. The van der Waals surface area contributed by atoms with Gasteiger partial charge in [-0.15, -0.1) is 0 Å². The Bertz CT molecular complexity index is 1120. The van der Waals surface area contributed by atoms with Crippen molar-refractivity contribution in [2.45, 2.75) is 38.8 Å². The standard InChI is InChI=1S/C22H24N6O/c1-26-14-20-17(13-27(2)25-20)19-11-23-18-7-6-16(22(18)24-19)15-8-10-28(12-15)9-4-3-5-21(26)29/h6,8,10-13H,3-5,7,9,14H2,1-2H3. The Morgan fingerprint density at radius 3 is 2.90 bits per heavy atom. The van der Waals surface area contributed by atoms with Crippen molar-refractivity contribution in [1.82, 2.24) is 29.2 Å². The zero-order valence-electron chi connectivity index (χ0n) is 16.8. The maximum atomic E-state index is 12.6. The number of amides is 1. The van der Waals surface area contributed by atoms with Crippen LogP contribution in [-0.2, 0) is 31.4 Å². The Kier molecular flexibility index (Phi) is 4.30. The summed E-state index contributed by atoms with van der Waals surface area (Å²) < 4.78 is 3.98. The first kappa shape index (κ1) is 17.8. The van der Waals surface area contributed by atoms with Crippen LogP contribution < -0.4 is 0 Å². The van der Waals surface area contributed by atoms with Crippen LogP contribution in [0.25, 0.3) is 16.8 Å². The Morgan fingerprint density at radius 1 is 1.10 bits per heavy atom. The number of fused-ring (bicyclic) bond motifs is 6. The van der Waals surface area contributed by atoms with Gasteiger partial charge in [-0.1, -0.05) is 6.08 Å². The molecule has 3 aromatic heterocycles. The molecule has 0 radical (unpaired) electrons. The minimum atomic E-state index is 0.146. The zero-order chi connectivity index (χ0) is 20.0. The molecule has 4 bridgehead atoms. The highest BCUT2D eigenvalue weighted by Gasteiger charge is 2.23. The van der Waals surface area contributed by atoms with Gasteiger partial charge < -0.3 is 9.47 Å². The summed E-state index contributed by atoms with van der Waals surface area (Å²) in [7, 11) is 3.74. The fraction of sp³-hybridized carbons (Fsp3) is 0.364. The summed E-state index contributed by atoms with van der Waals surface area (Å²) in [4.78, 5) is 24.0. The van der Waals surface area contributed by atoms with Crippen LogP contribution in [0, 0.1) is 0 Å². The highest BCUT2D eigenvalue weighted by atomic mass is 16.2. The van der Waals surface area contributed by atoms with Gasteiger partial charge in [-0.3, -0.25) is 14.5 Å². The van der Waals surface area contributed by atoms with Crippen LogP contribution in [0.15, 0.2) is 36.9 Å². The van der Waals surface area contributed by atoms with Crippen LogP contribution >= 0.6 is 0 Å². The molecule has 148 valence electrons. The Morgan fingerprint density at radius 2 is 2.00 bits per heavy atom. The molecule has 0 unspecified atom stereocenters. The van der Waals surface area contributed by atoms with Gasteiger partial charge in [0, 0.05) is 68.8 Å². The number of hydrogen-bond acceptors (Lipinski definition) is 4. The predicted octanol–water partition coefficient (Wildman–Crippen LogP) is 2.81. The number of carbonyl (C=O) groups is 1. The van der Waals surface area contributed by atoms with E-state index in [-0.39, 0.29) is 5.91 Å². The molecule has 0 atom stereocenters. The van der Waals surface area contributed by atoms with Crippen molar-refractivity contribution < 1.29 is 4.79 Å². The van der Waals surface area contributed by atoms with Gasteiger partial charge >= 0.3 is 0 Å². The Labute approximate surface area is 169 Å².